The Labute approximate surface area is 173 Å². The van der Waals surface area contributed by atoms with Crippen molar-refractivity contribution in [1.82, 2.24) is 0 Å². The first-order valence-corrected chi connectivity index (χ1v) is 11.8. The van der Waals surface area contributed by atoms with Crippen LogP contribution in [0.4, 0.5) is 15.8 Å². The van der Waals surface area contributed by atoms with E-state index in [1.807, 2.05) is 36.1 Å². The molecule has 4 rings (SSSR count). The third-order valence-electron chi connectivity index (χ3n) is 4.78. The van der Waals surface area contributed by atoms with E-state index in [9.17, 15) is 17.6 Å². The fourth-order valence-electron chi connectivity index (χ4n) is 3.41. The summed E-state index contributed by atoms with van der Waals surface area (Å²) in [6, 6.07) is 13.0. The molecule has 0 spiro atoms. The van der Waals surface area contributed by atoms with Crippen LogP contribution in [0.25, 0.3) is 0 Å². The first-order chi connectivity index (χ1) is 13.8. The van der Waals surface area contributed by atoms with E-state index >= 15 is 0 Å². The minimum absolute atomic E-state index is 0.0128. The first-order valence-electron chi connectivity index (χ1n) is 9.13. The number of sulfone groups is 1. The zero-order chi connectivity index (χ0) is 20.6. The van der Waals surface area contributed by atoms with Gasteiger partial charge in [-0.2, -0.15) is 0 Å². The molecule has 152 valence electrons. The number of halogens is 1. The van der Waals surface area contributed by atoms with Gasteiger partial charge in [0.15, 0.2) is 15.0 Å². The molecule has 2 atom stereocenters. The van der Waals surface area contributed by atoms with Gasteiger partial charge in [0.1, 0.15) is 12.4 Å². The maximum absolute atomic E-state index is 13.1. The Morgan fingerprint density at radius 2 is 2.00 bits per heavy atom. The van der Waals surface area contributed by atoms with Crippen LogP contribution in [0.1, 0.15) is 5.56 Å². The van der Waals surface area contributed by atoms with Gasteiger partial charge in [0.25, 0.3) is 0 Å². The highest BCUT2D eigenvalue weighted by Gasteiger charge is 2.44. The number of benzene rings is 2. The standard InChI is InChI=1S/C20H20FN3O3S2/c1-13-3-2-4-16(9-13)24(10-19(25)22-15-7-5-14(21)6-8-15)20-23-17-11-29(26,27)12-18(17)28-20/h2-9,17-18H,10-12H2,1H3,(H,22,25)/t17-,18-/m0/s1. The summed E-state index contributed by atoms with van der Waals surface area (Å²) in [6.45, 7) is 1.98. The van der Waals surface area contributed by atoms with Gasteiger partial charge in [-0.15, -0.1) is 0 Å². The van der Waals surface area contributed by atoms with Gasteiger partial charge in [-0.25, -0.2) is 12.8 Å². The summed E-state index contributed by atoms with van der Waals surface area (Å²) in [5.74, 6) is -0.482. The predicted octanol–water partition coefficient (Wildman–Crippen LogP) is 2.85. The Bertz CT molecular complexity index is 1070. The molecule has 2 aliphatic rings. The molecule has 9 heteroatoms. The van der Waals surface area contributed by atoms with Crippen LogP contribution in [0, 0.1) is 12.7 Å². The third kappa shape index (κ3) is 4.62. The van der Waals surface area contributed by atoms with Crippen molar-refractivity contribution in [1.29, 1.82) is 0 Å². The van der Waals surface area contributed by atoms with Crippen molar-refractivity contribution in [2.75, 3.05) is 28.3 Å². The second-order valence-corrected chi connectivity index (χ2v) is 10.6. The number of nitrogens with zero attached hydrogens (tertiary/aromatic N) is 2. The molecule has 0 saturated carbocycles. The zero-order valence-corrected chi connectivity index (χ0v) is 17.3. The van der Waals surface area contributed by atoms with Crippen LogP contribution < -0.4 is 10.2 Å². The Hall–Kier alpha value is -2.39. The largest absolute Gasteiger partial charge is 0.325 e. The molecule has 2 aliphatic heterocycles. The van der Waals surface area contributed by atoms with Crippen LogP contribution in [-0.4, -0.2) is 48.8 Å². The minimum Gasteiger partial charge on any atom is -0.325 e. The number of amides is 1. The van der Waals surface area contributed by atoms with E-state index in [0.717, 1.165) is 11.3 Å². The fourth-order valence-corrected chi connectivity index (χ4v) is 7.19. The van der Waals surface area contributed by atoms with Gasteiger partial charge in [-0.05, 0) is 48.9 Å². The van der Waals surface area contributed by atoms with Crippen molar-refractivity contribution < 1.29 is 17.6 Å². The summed E-state index contributed by atoms with van der Waals surface area (Å²) in [4.78, 5) is 19.1. The van der Waals surface area contributed by atoms with E-state index in [4.69, 9.17) is 0 Å². The molecule has 0 unspecified atom stereocenters. The molecule has 0 bridgehead atoms. The van der Waals surface area contributed by atoms with E-state index in [1.54, 1.807) is 0 Å². The smallest absolute Gasteiger partial charge is 0.244 e. The van der Waals surface area contributed by atoms with Gasteiger partial charge in [0, 0.05) is 16.6 Å². The van der Waals surface area contributed by atoms with Gasteiger partial charge in [-0.3, -0.25) is 9.79 Å². The number of hydrogen-bond donors (Lipinski definition) is 1. The zero-order valence-electron chi connectivity index (χ0n) is 15.7. The Balaban J connectivity index is 1.56. The highest BCUT2D eigenvalue weighted by molar-refractivity contribution is 8.15. The van der Waals surface area contributed by atoms with E-state index in [0.29, 0.717) is 10.9 Å². The lowest BCUT2D eigenvalue weighted by molar-refractivity contribution is -0.114. The van der Waals surface area contributed by atoms with Crippen LogP contribution in [0.3, 0.4) is 0 Å². The molecule has 2 aromatic rings. The number of aliphatic imine (C=N–C) groups is 1. The SMILES string of the molecule is Cc1cccc(N(CC(=O)Nc2ccc(F)cc2)C2=N[C@H]3CS(=O)(=O)C[C@@H]3S2)c1. The molecular weight excluding hydrogens is 413 g/mol. The molecule has 2 heterocycles. The highest BCUT2D eigenvalue weighted by Crippen LogP contribution is 2.36. The second kappa shape index (κ2) is 7.79. The molecule has 0 aliphatic carbocycles. The van der Waals surface area contributed by atoms with E-state index in [2.05, 4.69) is 10.3 Å². The van der Waals surface area contributed by atoms with Crippen molar-refractivity contribution >= 4 is 44.0 Å². The van der Waals surface area contributed by atoms with Gasteiger partial charge in [-0.1, -0.05) is 23.9 Å². The number of aryl methyl sites for hydroxylation is 1. The lowest BCUT2D eigenvalue weighted by atomic mass is 10.2. The van der Waals surface area contributed by atoms with Gasteiger partial charge >= 0.3 is 0 Å². The average Bonchev–Trinajstić information content (AvgIpc) is 3.15. The molecule has 1 amide bonds. The first kappa shape index (κ1) is 19.9. The average molecular weight is 434 g/mol. The second-order valence-electron chi connectivity index (χ2n) is 7.19. The molecule has 0 aromatic heterocycles. The topological polar surface area (TPSA) is 78.8 Å². The molecule has 1 N–H and O–H groups in total. The number of carbonyl (C=O) groups is 1. The molecule has 1 saturated heterocycles. The van der Waals surface area contributed by atoms with E-state index in [1.165, 1.54) is 36.0 Å². The Kier molecular flexibility index (Phi) is 5.35. The summed E-state index contributed by atoms with van der Waals surface area (Å²) in [6.07, 6.45) is 0. The number of nitrogens with one attached hydrogen (secondary N) is 1. The van der Waals surface area contributed by atoms with Gasteiger partial charge in [0.05, 0.1) is 17.5 Å². The van der Waals surface area contributed by atoms with E-state index < -0.39 is 9.84 Å². The molecular formula is C20H20FN3O3S2. The molecule has 1 fully saturated rings. The number of thioether (sulfide) groups is 1. The molecule has 29 heavy (non-hydrogen) atoms. The Morgan fingerprint density at radius 3 is 2.69 bits per heavy atom. The summed E-state index contributed by atoms with van der Waals surface area (Å²) in [5.41, 5.74) is 2.36. The van der Waals surface area contributed by atoms with Crippen LogP contribution >= 0.6 is 11.8 Å². The molecule has 0 radical (unpaired) electrons. The maximum atomic E-state index is 13.1. The summed E-state index contributed by atoms with van der Waals surface area (Å²) >= 11 is 1.41. The lowest BCUT2D eigenvalue weighted by Crippen LogP contribution is -2.36. The fraction of sp³-hybridized carbons (Fsp3) is 0.300. The quantitative estimate of drug-likeness (QED) is 0.802. The lowest BCUT2D eigenvalue weighted by Gasteiger charge is -2.24. The van der Waals surface area contributed by atoms with Crippen LogP contribution in [-0.2, 0) is 14.6 Å². The molecule has 6 nitrogen and oxygen atoms in total. The maximum Gasteiger partial charge on any atom is 0.244 e. The van der Waals surface area contributed by atoms with Crippen molar-refractivity contribution in [3.05, 3.63) is 59.9 Å². The van der Waals surface area contributed by atoms with E-state index in [-0.39, 0.29) is 41.1 Å². The summed E-state index contributed by atoms with van der Waals surface area (Å²) in [7, 11) is -3.05. The summed E-state index contributed by atoms with van der Waals surface area (Å²) < 4.78 is 36.8. The monoisotopic (exact) mass is 433 g/mol. The van der Waals surface area contributed by atoms with Crippen LogP contribution in [0.5, 0.6) is 0 Å². The van der Waals surface area contributed by atoms with Crippen molar-refractivity contribution in [3.63, 3.8) is 0 Å². The minimum atomic E-state index is -3.05. The number of fused-ring (bicyclic) bond motifs is 1. The van der Waals surface area contributed by atoms with Crippen LogP contribution in [0.15, 0.2) is 53.5 Å². The van der Waals surface area contributed by atoms with Gasteiger partial charge in [0.2, 0.25) is 5.91 Å². The number of rotatable bonds is 4. The number of amidine groups is 1. The predicted molar refractivity (Wildman–Crippen MR) is 115 cm³/mol. The number of carbonyl (C=O) groups excluding carboxylic acids is 1. The van der Waals surface area contributed by atoms with Crippen molar-refractivity contribution in [2.24, 2.45) is 4.99 Å². The van der Waals surface area contributed by atoms with Crippen LogP contribution in [0.2, 0.25) is 0 Å². The molecule has 2 aromatic carbocycles. The third-order valence-corrected chi connectivity index (χ3v) is 8.03. The van der Waals surface area contributed by atoms with Crippen molar-refractivity contribution in [3.8, 4) is 0 Å². The van der Waals surface area contributed by atoms with Gasteiger partial charge < -0.3 is 10.2 Å². The Morgan fingerprint density at radius 1 is 1.24 bits per heavy atom. The summed E-state index contributed by atoms with van der Waals surface area (Å²) in [5, 5.41) is 3.30. The number of hydrogen-bond acceptors (Lipinski definition) is 6. The normalized spacial score (nSPS) is 22.1. The number of anilines is 2. The van der Waals surface area contributed by atoms with Crippen molar-refractivity contribution in [2.45, 2.75) is 18.2 Å². The highest BCUT2D eigenvalue weighted by atomic mass is 32.2.